The third kappa shape index (κ3) is 7.26. The van der Waals surface area contributed by atoms with Gasteiger partial charge in [0, 0.05) is 12.6 Å². The molecule has 4 heteroatoms. The zero-order valence-electron chi connectivity index (χ0n) is 9.95. The van der Waals surface area contributed by atoms with Crippen LogP contribution in [-0.2, 0) is 0 Å². The van der Waals surface area contributed by atoms with Crippen molar-refractivity contribution in [2.75, 3.05) is 54.4 Å². The van der Waals surface area contributed by atoms with E-state index in [1.807, 2.05) is 7.05 Å². The van der Waals surface area contributed by atoms with Crippen molar-refractivity contribution in [2.45, 2.75) is 12.5 Å². The van der Waals surface area contributed by atoms with E-state index in [0.717, 1.165) is 19.6 Å². The van der Waals surface area contributed by atoms with E-state index in [2.05, 4.69) is 36.3 Å². The van der Waals surface area contributed by atoms with E-state index >= 15 is 0 Å². The first-order valence-electron chi connectivity index (χ1n) is 5.21. The van der Waals surface area contributed by atoms with Gasteiger partial charge in [-0.05, 0) is 47.7 Å². The minimum absolute atomic E-state index is 0.194. The number of nitrogens with zero attached hydrogens (tertiary/aromatic N) is 2. The maximum atomic E-state index is 8.99. The summed E-state index contributed by atoms with van der Waals surface area (Å²) in [5.74, 6) is 0. The van der Waals surface area contributed by atoms with Gasteiger partial charge in [0.25, 0.3) is 0 Å². The molecule has 0 saturated heterocycles. The molecule has 14 heavy (non-hydrogen) atoms. The van der Waals surface area contributed by atoms with E-state index in [0.29, 0.717) is 0 Å². The largest absolute Gasteiger partial charge is 0.395 e. The molecule has 86 valence electrons. The lowest BCUT2D eigenvalue weighted by Gasteiger charge is -2.22. The van der Waals surface area contributed by atoms with Crippen molar-refractivity contribution in [3.05, 3.63) is 0 Å². The Morgan fingerprint density at radius 2 is 1.86 bits per heavy atom. The summed E-state index contributed by atoms with van der Waals surface area (Å²) in [4.78, 5) is 4.44. The summed E-state index contributed by atoms with van der Waals surface area (Å²) in [6.45, 7) is 3.30. The molecule has 0 aliphatic heterocycles. The first-order valence-corrected chi connectivity index (χ1v) is 5.21. The molecule has 0 bridgehead atoms. The van der Waals surface area contributed by atoms with Crippen molar-refractivity contribution in [3.8, 4) is 0 Å². The number of aliphatic hydroxyl groups excluding tert-OH is 1. The van der Waals surface area contributed by atoms with E-state index in [4.69, 9.17) is 5.11 Å². The number of likely N-dealkylation sites (N-methyl/N-ethyl adjacent to an activating group) is 2. The maximum Gasteiger partial charge on any atom is 0.0597 e. The van der Waals surface area contributed by atoms with Crippen LogP contribution in [0.1, 0.15) is 6.42 Å². The van der Waals surface area contributed by atoms with Crippen LogP contribution < -0.4 is 5.32 Å². The molecule has 0 radical (unpaired) electrons. The molecule has 0 amide bonds. The molecule has 0 aromatic heterocycles. The fourth-order valence-corrected chi connectivity index (χ4v) is 1.36. The first kappa shape index (κ1) is 13.8. The Kier molecular flexibility index (Phi) is 8.08. The second-order valence-electron chi connectivity index (χ2n) is 4.09. The Labute approximate surface area is 87.9 Å². The van der Waals surface area contributed by atoms with Gasteiger partial charge in [-0.25, -0.2) is 0 Å². The third-order valence-electron chi connectivity index (χ3n) is 2.31. The van der Waals surface area contributed by atoms with Crippen LogP contribution in [-0.4, -0.2) is 75.4 Å². The molecule has 0 heterocycles. The zero-order valence-corrected chi connectivity index (χ0v) is 9.95. The van der Waals surface area contributed by atoms with Gasteiger partial charge in [-0.1, -0.05) is 0 Å². The molecule has 4 nitrogen and oxygen atoms in total. The van der Waals surface area contributed by atoms with Crippen LogP contribution in [0.15, 0.2) is 0 Å². The van der Waals surface area contributed by atoms with E-state index in [9.17, 15) is 0 Å². The topological polar surface area (TPSA) is 38.7 Å². The average molecular weight is 203 g/mol. The first-order chi connectivity index (χ1) is 6.60. The highest BCUT2D eigenvalue weighted by Crippen LogP contribution is 1.92. The van der Waals surface area contributed by atoms with Gasteiger partial charge < -0.3 is 20.2 Å². The number of rotatable bonds is 8. The van der Waals surface area contributed by atoms with Gasteiger partial charge in [-0.15, -0.1) is 0 Å². The molecular weight excluding hydrogens is 178 g/mol. The van der Waals surface area contributed by atoms with Crippen LogP contribution in [0, 0.1) is 0 Å². The molecule has 0 fully saturated rings. The Bertz CT molecular complexity index is 127. The van der Waals surface area contributed by atoms with Crippen molar-refractivity contribution in [2.24, 2.45) is 0 Å². The molecule has 1 atom stereocenters. The van der Waals surface area contributed by atoms with Crippen LogP contribution in [0.3, 0.4) is 0 Å². The molecule has 2 N–H and O–H groups in total. The minimum atomic E-state index is 0.194. The van der Waals surface area contributed by atoms with Gasteiger partial charge in [0.1, 0.15) is 0 Å². The summed E-state index contributed by atoms with van der Waals surface area (Å²) >= 11 is 0. The number of hydrogen-bond donors (Lipinski definition) is 2. The van der Waals surface area contributed by atoms with Crippen molar-refractivity contribution in [3.63, 3.8) is 0 Å². The normalized spacial score (nSPS) is 13.9. The molecule has 0 rings (SSSR count). The highest BCUT2D eigenvalue weighted by atomic mass is 16.3. The SMILES string of the molecule is CNC(CO)CN(C)CCCN(C)C. The molecule has 1 unspecified atom stereocenters. The standard InChI is InChI=1S/C10H25N3O/c1-11-10(9-14)8-13(4)7-5-6-12(2)3/h10-11,14H,5-9H2,1-4H3. The summed E-state index contributed by atoms with van der Waals surface area (Å²) < 4.78 is 0. The van der Waals surface area contributed by atoms with Crippen molar-refractivity contribution < 1.29 is 5.11 Å². The Morgan fingerprint density at radius 3 is 2.29 bits per heavy atom. The quantitative estimate of drug-likeness (QED) is 0.555. The summed E-state index contributed by atoms with van der Waals surface area (Å²) in [6.07, 6.45) is 1.17. The smallest absolute Gasteiger partial charge is 0.0597 e. The lowest BCUT2D eigenvalue weighted by atomic mass is 10.3. The van der Waals surface area contributed by atoms with Crippen LogP contribution >= 0.6 is 0 Å². The van der Waals surface area contributed by atoms with Gasteiger partial charge in [0.2, 0.25) is 0 Å². The number of hydrogen-bond acceptors (Lipinski definition) is 4. The monoisotopic (exact) mass is 203 g/mol. The molecule has 0 aliphatic carbocycles. The van der Waals surface area contributed by atoms with Crippen LogP contribution in [0.25, 0.3) is 0 Å². The minimum Gasteiger partial charge on any atom is -0.395 e. The summed E-state index contributed by atoms with van der Waals surface area (Å²) in [5, 5.41) is 12.1. The third-order valence-corrected chi connectivity index (χ3v) is 2.31. The summed E-state index contributed by atoms with van der Waals surface area (Å²) in [5.41, 5.74) is 0. The van der Waals surface area contributed by atoms with E-state index < -0.39 is 0 Å². The molecule has 0 saturated carbocycles. The number of aliphatic hydroxyl groups is 1. The highest BCUT2D eigenvalue weighted by molar-refractivity contribution is 4.67. The van der Waals surface area contributed by atoms with E-state index in [1.54, 1.807) is 0 Å². The molecule has 0 aliphatic rings. The molecule has 0 aromatic rings. The maximum absolute atomic E-state index is 8.99. The predicted molar refractivity (Wildman–Crippen MR) is 60.6 cm³/mol. The second kappa shape index (κ2) is 8.17. The fourth-order valence-electron chi connectivity index (χ4n) is 1.36. The highest BCUT2D eigenvalue weighted by Gasteiger charge is 2.07. The lowest BCUT2D eigenvalue weighted by Crippen LogP contribution is -2.40. The Morgan fingerprint density at radius 1 is 1.21 bits per heavy atom. The van der Waals surface area contributed by atoms with E-state index in [-0.39, 0.29) is 12.6 Å². The Balaban J connectivity index is 3.48. The van der Waals surface area contributed by atoms with Crippen molar-refractivity contribution in [1.82, 2.24) is 15.1 Å². The molecule has 0 spiro atoms. The lowest BCUT2D eigenvalue weighted by molar-refractivity contribution is 0.200. The summed E-state index contributed by atoms with van der Waals surface area (Å²) in [7, 11) is 8.15. The molecular formula is C10H25N3O. The number of nitrogens with one attached hydrogen (secondary N) is 1. The Hall–Kier alpha value is -0.160. The second-order valence-corrected chi connectivity index (χ2v) is 4.09. The van der Waals surface area contributed by atoms with Crippen LogP contribution in [0.5, 0.6) is 0 Å². The van der Waals surface area contributed by atoms with Gasteiger partial charge in [-0.3, -0.25) is 0 Å². The fraction of sp³-hybridized carbons (Fsp3) is 1.00. The predicted octanol–water partition coefficient (Wildman–Crippen LogP) is -0.550. The van der Waals surface area contributed by atoms with Crippen LogP contribution in [0.4, 0.5) is 0 Å². The van der Waals surface area contributed by atoms with Crippen molar-refractivity contribution >= 4 is 0 Å². The molecule has 0 aromatic carbocycles. The summed E-state index contributed by atoms with van der Waals surface area (Å²) in [6, 6.07) is 0.194. The zero-order chi connectivity index (χ0) is 11.0. The van der Waals surface area contributed by atoms with Gasteiger partial charge in [0.15, 0.2) is 0 Å². The van der Waals surface area contributed by atoms with Gasteiger partial charge in [-0.2, -0.15) is 0 Å². The van der Waals surface area contributed by atoms with Gasteiger partial charge >= 0.3 is 0 Å². The average Bonchev–Trinajstić information content (AvgIpc) is 2.13. The van der Waals surface area contributed by atoms with E-state index in [1.165, 1.54) is 6.42 Å². The van der Waals surface area contributed by atoms with Crippen molar-refractivity contribution in [1.29, 1.82) is 0 Å². The van der Waals surface area contributed by atoms with Crippen LogP contribution in [0.2, 0.25) is 0 Å². The van der Waals surface area contributed by atoms with Gasteiger partial charge in [0.05, 0.1) is 6.61 Å².